The molecular formula is C5H8ClNO. The van der Waals surface area contributed by atoms with Gasteiger partial charge in [0.2, 0.25) is 0 Å². The molecular weight excluding hydrogens is 126 g/mol. The van der Waals surface area contributed by atoms with Crippen molar-refractivity contribution in [2.75, 3.05) is 13.0 Å². The summed E-state index contributed by atoms with van der Waals surface area (Å²) in [5.74, 6) is 0.393. The van der Waals surface area contributed by atoms with E-state index in [4.69, 9.17) is 21.6 Å². The van der Waals surface area contributed by atoms with Crippen molar-refractivity contribution in [1.29, 1.82) is 5.26 Å². The van der Waals surface area contributed by atoms with Crippen LogP contribution in [0.4, 0.5) is 0 Å². The predicted octanol–water partition coefficient (Wildman–Crippen LogP) is 1.15. The summed E-state index contributed by atoms with van der Waals surface area (Å²) >= 11 is 5.37. The summed E-state index contributed by atoms with van der Waals surface area (Å²) < 4.78 is 4.79. The third-order valence-corrected chi connectivity index (χ3v) is 1.17. The Balaban J connectivity index is 3.25. The van der Waals surface area contributed by atoms with Gasteiger partial charge in [0.05, 0.1) is 18.6 Å². The zero-order valence-corrected chi connectivity index (χ0v) is 5.48. The molecule has 0 unspecified atom stereocenters. The number of hydrogen-bond donors (Lipinski definition) is 0. The second-order valence-electron chi connectivity index (χ2n) is 1.37. The second-order valence-corrected chi connectivity index (χ2v) is 1.68. The third-order valence-electron chi connectivity index (χ3n) is 0.824. The molecule has 2 nitrogen and oxygen atoms in total. The van der Waals surface area contributed by atoms with E-state index >= 15 is 0 Å². The van der Waals surface area contributed by atoms with E-state index in [1.165, 1.54) is 0 Å². The first-order valence-electron chi connectivity index (χ1n) is 2.30. The quantitative estimate of drug-likeness (QED) is 0.542. The number of halogens is 1. The smallest absolute Gasteiger partial charge is 0.0836 e. The van der Waals surface area contributed by atoms with Gasteiger partial charge >= 0.3 is 0 Å². The third kappa shape index (κ3) is 2.84. The molecule has 0 heterocycles. The highest BCUT2D eigenvalue weighted by Crippen LogP contribution is 1.96. The lowest BCUT2D eigenvalue weighted by atomic mass is 10.3. The van der Waals surface area contributed by atoms with Gasteiger partial charge in [-0.25, -0.2) is 0 Å². The molecule has 0 aromatic rings. The summed E-state index contributed by atoms with van der Waals surface area (Å²) in [6.45, 7) is 0. The Morgan fingerprint density at radius 1 is 1.88 bits per heavy atom. The van der Waals surface area contributed by atoms with Crippen LogP contribution in [0.25, 0.3) is 0 Å². The van der Waals surface area contributed by atoms with Gasteiger partial charge in [0.1, 0.15) is 0 Å². The molecule has 0 spiro atoms. The van der Waals surface area contributed by atoms with Crippen molar-refractivity contribution in [1.82, 2.24) is 0 Å². The predicted molar refractivity (Wildman–Crippen MR) is 31.7 cm³/mol. The van der Waals surface area contributed by atoms with Crippen molar-refractivity contribution in [2.45, 2.75) is 12.5 Å². The molecule has 46 valence electrons. The highest BCUT2D eigenvalue weighted by molar-refractivity contribution is 6.18. The van der Waals surface area contributed by atoms with Crippen molar-refractivity contribution in [3.05, 3.63) is 0 Å². The highest BCUT2D eigenvalue weighted by Gasteiger charge is 2.01. The Morgan fingerprint density at radius 2 is 2.50 bits per heavy atom. The zero-order valence-electron chi connectivity index (χ0n) is 4.72. The molecule has 3 heteroatoms. The summed E-state index contributed by atoms with van der Waals surface area (Å²) in [5, 5.41) is 8.11. The number of alkyl halides is 1. The van der Waals surface area contributed by atoms with Gasteiger partial charge in [-0.2, -0.15) is 5.26 Å². The standard InChI is InChI=1S/C5H8ClNO/c1-8-5(4-6)2-3-7/h5H,2,4H2,1H3/t5-/m1/s1. The minimum absolute atomic E-state index is 0.0957. The van der Waals surface area contributed by atoms with Gasteiger partial charge < -0.3 is 4.74 Å². The van der Waals surface area contributed by atoms with Crippen LogP contribution >= 0.6 is 11.6 Å². The topological polar surface area (TPSA) is 33.0 Å². The van der Waals surface area contributed by atoms with E-state index in [2.05, 4.69) is 0 Å². The van der Waals surface area contributed by atoms with Crippen molar-refractivity contribution in [2.24, 2.45) is 0 Å². The van der Waals surface area contributed by atoms with Gasteiger partial charge in [0.25, 0.3) is 0 Å². The Kier molecular flexibility index (Phi) is 4.73. The number of ether oxygens (including phenoxy) is 1. The van der Waals surface area contributed by atoms with Gasteiger partial charge in [-0.15, -0.1) is 11.6 Å². The van der Waals surface area contributed by atoms with E-state index in [9.17, 15) is 0 Å². The molecule has 0 fully saturated rings. The highest BCUT2D eigenvalue weighted by atomic mass is 35.5. The first-order valence-corrected chi connectivity index (χ1v) is 2.84. The molecule has 0 aromatic heterocycles. The maximum atomic E-state index is 8.11. The second kappa shape index (κ2) is 4.89. The fourth-order valence-corrected chi connectivity index (χ4v) is 0.538. The monoisotopic (exact) mass is 133 g/mol. The van der Waals surface area contributed by atoms with Crippen LogP contribution in [0.1, 0.15) is 6.42 Å². The number of nitrogens with zero attached hydrogens (tertiary/aromatic N) is 1. The zero-order chi connectivity index (χ0) is 6.41. The van der Waals surface area contributed by atoms with Gasteiger partial charge in [0.15, 0.2) is 0 Å². The minimum Gasteiger partial charge on any atom is -0.379 e. The lowest BCUT2D eigenvalue weighted by molar-refractivity contribution is 0.125. The largest absolute Gasteiger partial charge is 0.379 e. The number of hydrogen-bond acceptors (Lipinski definition) is 2. The van der Waals surface area contributed by atoms with Gasteiger partial charge in [-0.05, 0) is 0 Å². The minimum atomic E-state index is -0.0957. The Labute approximate surface area is 54.0 Å². The van der Waals surface area contributed by atoms with Crippen molar-refractivity contribution >= 4 is 11.6 Å². The molecule has 0 bridgehead atoms. The van der Waals surface area contributed by atoms with Crippen LogP contribution in [0.15, 0.2) is 0 Å². The fraction of sp³-hybridized carbons (Fsp3) is 0.800. The molecule has 0 radical (unpaired) electrons. The normalized spacial score (nSPS) is 12.6. The summed E-state index contributed by atoms with van der Waals surface area (Å²) in [4.78, 5) is 0. The molecule has 1 atom stereocenters. The Morgan fingerprint density at radius 3 is 2.62 bits per heavy atom. The van der Waals surface area contributed by atoms with Crippen molar-refractivity contribution < 1.29 is 4.74 Å². The van der Waals surface area contributed by atoms with Crippen LogP contribution in [0, 0.1) is 11.3 Å². The maximum absolute atomic E-state index is 8.11. The average Bonchev–Trinajstić information content (AvgIpc) is 1.83. The molecule has 0 saturated carbocycles. The first kappa shape index (κ1) is 7.74. The van der Waals surface area contributed by atoms with Crippen LogP contribution in [-0.2, 0) is 4.74 Å². The maximum Gasteiger partial charge on any atom is 0.0836 e. The molecule has 0 aromatic carbocycles. The molecule has 0 aliphatic carbocycles. The summed E-state index contributed by atoms with van der Waals surface area (Å²) in [6, 6.07) is 1.96. The molecule has 0 rings (SSSR count). The number of nitriles is 1. The number of methoxy groups -OCH3 is 1. The molecule has 0 saturated heterocycles. The van der Waals surface area contributed by atoms with Gasteiger partial charge in [-0.1, -0.05) is 0 Å². The lowest BCUT2D eigenvalue weighted by Crippen LogP contribution is -2.10. The van der Waals surface area contributed by atoms with E-state index in [0.29, 0.717) is 12.3 Å². The van der Waals surface area contributed by atoms with Gasteiger partial charge in [0, 0.05) is 13.0 Å². The van der Waals surface area contributed by atoms with E-state index < -0.39 is 0 Å². The molecule has 0 aliphatic heterocycles. The summed E-state index contributed by atoms with van der Waals surface area (Å²) in [6.07, 6.45) is 0.279. The number of rotatable bonds is 3. The van der Waals surface area contributed by atoms with Crippen LogP contribution in [0.3, 0.4) is 0 Å². The summed E-state index contributed by atoms with van der Waals surface area (Å²) in [7, 11) is 1.55. The van der Waals surface area contributed by atoms with E-state index in [0.717, 1.165) is 0 Å². The lowest BCUT2D eigenvalue weighted by Gasteiger charge is -2.04. The van der Waals surface area contributed by atoms with Crippen LogP contribution in [-0.4, -0.2) is 19.1 Å². The van der Waals surface area contributed by atoms with E-state index in [1.54, 1.807) is 7.11 Å². The first-order chi connectivity index (χ1) is 3.85. The fourth-order valence-electron chi connectivity index (χ4n) is 0.303. The van der Waals surface area contributed by atoms with Crippen molar-refractivity contribution in [3.63, 3.8) is 0 Å². The van der Waals surface area contributed by atoms with Crippen molar-refractivity contribution in [3.8, 4) is 6.07 Å². The summed E-state index contributed by atoms with van der Waals surface area (Å²) in [5.41, 5.74) is 0. The molecule has 0 N–H and O–H groups in total. The van der Waals surface area contributed by atoms with E-state index in [-0.39, 0.29) is 6.10 Å². The molecule has 0 amide bonds. The van der Waals surface area contributed by atoms with Crippen LogP contribution in [0.5, 0.6) is 0 Å². The Hall–Kier alpha value is -0.260. The van der Waals surface area contributed by atoms with E-state index in [1.807, 2.05) is 6.07 Å². The Bertz CT molecular complexity index is 84.9. The SMILES string of the molecule is CO[C@@H](CCl)CC#N. The van der Waals surface area contributed by atoms with Crippen LogP contribution < -0.4 is 0 Å². The molecule has 8 heavy (non-hydrogen) atoms. The van der Waals surface area contributed by atoms with Crippen LogP contribution in [0.2, 0.25) is 0 Å². The van der Waals surface area contributed by atoms with Gasteiger partial charge in [-0.3, -0.25) is 0 Å². The molecule has 0 aliphatic rings. The average molecular weight is 134 g/mol.